The van der Waals surface area contributed by atoms with Gasteiger partial charge >= 0.3 is 11.8 Å². The van der Waals surface area contributed by atoms with Crippen LogP contribution in [0.25, 0.3) is 10.9 Å². The molecule has 29 heavy (non-hydrogen) atoms. The lowest BCUT2D eigenvalue weighted by atomic mass is 10.1. The van der Waals surface area contributed by atoms with Crippen molar-refractivity contribution < 1.29 is 14.4 Å². The average Bonchev–Trinajstić information content (AvgIpc) is 3.22. The summed E-state index contributed by atoms with van der Waals surface area (Å²) in [6, 6.07) is 11.9. The molecular formula is C21H19ClN4O3. The number of anilines is 1. The molecule has 3 aromatic rings. The second-order valence-corrected chi connectivity index (χ2v) is 7.31. The van der Waals surface area contributed by atoms with Gasteiger partial charge in [-0.05, 0) is 36.2 Å². The third kappa shape index (κ3) is 3.56. The van der Waals surface area contributed by atoms with Crippen LogP contribution in [-0.2, 0) is 20.8 Å². The third-order valence-electron chi connectivity index (χ3n) is 5.08. The first-order valence-electron chi connectivity index (χ1n) is 9.16. The van der Waals surface area contributed by atoms with Gasteiger partial charge in [-0.3, -0.25) is 14.4 Å². The van der Waals surface area contributed by atoms with Crippen LogP contribution in [0.1, 0.15) is 17.2 Å². The van der Waals surface area contributed by atoms with Crippen molar-refractivity contribution in [2.75, 3.05) is 18.5 Å². The van der Waals surface area contributed by atoms with E-state index >= 15 is 0 Å². The number of rotatable bonds is 4. The number of halogens is 1. The average molecular weight is 411 g/mol. The minimum Gasteiger partial charge on any atom is -0.361 e. The van der Waals surface area contributed by atoms with Gasteiger partial charge in [-0.25, -0.2) is 0 Å². The predicted octanol–water partition coefficient (Wildman–Crippen LogP) is 2.31. The Kier molecular flexibility index (Phi) is 4.98. The van der Waals surface area contributed by atoms with Crippen molar-refractivity contribution in [2.45, 2.75) is 12.5 Å². The zero-order valence-corrected chi connectivity index (χ0v) is 16.4. The molecule has 0 radical (unpaired) electrons. The molecule has 0 bridgehead atoms. The first-order chi connectivity index (χ1) is 14.0. The molecule has 1 unspecified atom stereocenters. The zero-order valence-electron chi connectivity index (χ0n) is 15.7. The molecule has 4 rings (SSSR count). The summed E-state index contributed by atoms with van der Waals surface area (Å²) in [4.78, 5) is 41.5. The van der Waals surface area contributed by atoms with E-state index in [4.69, 9.17) is 11.6 Å². The van der Waals surface area contributed by atoms with Gasteiger partial charge in [-0.1, -0.05) is 29.8 Å². The van der Waals surface area contributed by atoms with Crippen molar-refractivity contribution in [3.63, 3.8) is 0 Å². The number of para-hydroxylation sites is 1. The number of fused-ring (bicyclic) bond motifs is 2. The fraction of sp³-hybridized carbons (Fsp3) is 0.190. The van der Waals surface area contributed by atoms with E-state index in [-0.39, 0.29) is 12.5 Å². The van der Waals surface area contributed by atoms with Crippen molar-refractivity contribution in [3.05, 3.63) is 64.8 Å². The number of benzene rings is 2. The molecule has 148 valence electrons. The summed E-state index contributed by atoms with van der Waals surface area (Å²) in [6.45, 7) is 0.279. The van der Waals surface area contributed by atoms with Crippen LogP contribution in [0.4, 0.5) is 5.69 Å². The predicted molar refractivity (Wildman–Crippen MR) is 111 cm³/mol. The fourth-order valence-electron chi connectivity index (χ4n) is 3.57. The molecule has 0 saturated heterocycles. The molecule has 2 aromatic carbocycles. The Labute approximate surface area is 172 Å². The molecule has 3 N–H and O–H groups in total. The van der Waals surface area contributed by atoms with E-state index in [1.165, 1.54) is 4.90 Å². The Morgan fingerprint density at radius 2 is 1.97 bits per heavy atom. The summed E-state index contributed by atoms with van der Waals surface area (Å²) in [5.41, 5.74) is 3.35. The normalized spacial score (nSPS) is 15.4. The highest BCUT2D eigenvalue weighted by Gasteiger charge is 2.36. The van der Waals surface area contributed by atoms with Gasteiger partial charge in [0.25, 0.3) is 5.91 Å². The highest BCUT2D eigenvalue weighted by Crippen LogP contribution is 2.34. The summed E-state index contributed by atoms with van der Waals surface area (Å²) >= 11 is 6.05. The summed E-state index contributed by atoms with van der Waals surface area (Å²) in [6.07, 6.45) is 2.39. The summed E-state index contributed by atoms with van der Waals surface area (Å²) in [5.74, 6) is -1.89. The van der Waals surface area contributed by atoms with Crippen LogP contribution in [0.2, 0.25) is 5.02 Å². The Morgan fingerprint density at radius 1 is 1.17 bits per heavy atom. The van der Waals surface area contributed by atoms with Crippen molar-refractivity contribution in [3.8, 4) is 0 Å². The number of likely N-dealkylation sites (N-methyl/N-ethyl adjacent to an activating group) is 1. The number of hydrogen-bond donors (Lipinski definition) is 3. The highest BCUT2D eigenvalue weighted by atomic mass is 35.5. The van der Waals surface area contributed by atoms with Crippen molar-refractivity contribution in [1.82, 2.24) is 15.6 Å². The maximum Gasteiger partial charge on any atom is 0.310 e. The van der Waals surface area contributed by atoms with Crippen molar-refractivity contribution in [1.29, 1.82) is 0 Å². The van der Waals surface area contributed by atoms with Gasteiger partial charge in [0.05, 0.1) is 0 Å². The number of aromatic amines is 1. The van der Waals surface area contributed by atoms with Gasteiger partial charge in [0.2, 0.25) is 0 Å². The van der Waals surface area contributed by atoms with E-state index in [1.54, 1.807) is 31.3 Å². The number of nitrogens with zero attached hydrogens (tertiary/aromatic N) is 1. The third-order valence-corrected chi connectivity index (χ3v) is 5.31. The maximum absolute atomic E-state index is 12.4. The van der Waals surface area contributed by atoms with Crippen LogP contribution >= 0.6 is 11.6 Å². The molecule has 0 spiro atoms. The Morgan fingerprint density at radius 3 is 2.79 bits per heavy atom. The standard InChI is InChI=1S/C21H19ClN4O3/c1-26-17-5-3-2-4-14(17)18(21(26)29)25-20(28)19(27)23-9-8-12-11-24-16-7-6-13(22)10-15(12)16/h2-7,10-11,18,24H,8-9H2,1H3,(H,23,27)(H,25,28). The first-order valence-corrected chi connectivity index (χ1v) is 9.54. The molecule has 0 fully saturated rings. The van der Waals surface area contributed by atoms with Gasteiger partial charge in [0.15, 0.2) is 0 Å². The van der Waals surface area contributed by atoms with Gasteiger partial charge in [-0.15, -0.1) is 0 Å². The lowest BCUT2D eigenvalue weighted by Crippen LogP contribution is -2.44. The second-order valence-electron chi connectivity index (χ2n) is 6.87. The first kappa shape index (κ1) is 19.0. The molecule has 7 nitrogen and oxygen atoms in total. The van der Waals surface area contributed by atoms with Crippen LogP contribution in [-0.4, -0.2) is 36.3 Å². The lowest BCUT2D eigenvalue weighted by Gasteiger charge is -2.13. The molecule has 1 aromatic heterocycles. The van der Waals surface area contributed by atoms with Gasteiger partial charge in [0, 0.05) is 47.0 Å². The quantitative estimate of drug-likeness (QED) is 0.576. The van der Waals surface area contributed by atoms with Gasteiger partial charge in [0.1, 0.15) is 6.04 Å². The molecule has 8 heteroatoms. The van der Waals surface area contributed by atoms with Gasteiger partial charge < -0.3 is 20.5 Å². The van der Waals surface area contributed by atoms with Crippen LogP contribution < -0.4 is 15.5 Å². The molecule has 1 aliphatic rings. The van der Waals surface area contributed by atoms with Gasteiger partial charge in [-0.2, -0.15) is 0 Å². The number of carbonyl (C=O) groups is 3. The minimum absolute atomic E-state index is 0.275. The SMILES string of the molecule is CN1C(=O)C(NC(=O)C(=O)NCCc2c[nH]c3ccc(Cl)cc23)c2ccccc21. The van der Waals surface area contributed by atoms with Crippen LogP contribution in [0.3, 0.4) is 0 Å². The molecule has 0 saturated carbocycles. The fourth-order valence-corrected chi connectivity index (χ4v) is 3.74. The van der Waals surface area contributed by atoms with Crippen LogP contribution in [0, 0.1) is 0 Å². The zero-order chi connectivity index (χ0) is 20.5. The smallest absolute Gasteiger partial charge is 0.310 e. The molecular weight excluding hydrogens is 392 g/mol. The monoisotopic (exact) mass is 410 g/mol. The highest BCUT2D eigenvalue weighted by molar-refractivity contribution is 6.35. The number of hydrogen-bond acceptors (Lipinski definition) is 3. The van der Waals surface area contributed by atoms with E-state index < -0.39 is 17.9 Å². The molecule has 2 heterocycles. The second kappa shape index (κ2) is 7.60. The molecule has 1 aliphatic heterocycles. The Bertz CT molecular complexity index is 1120. The summed E-state index contributed by atoms with van der Waals surface area (Å²) in [5, 5.41) is 6.74. The number of carbonyl (C=O) groups excluding carboxylic acids is 3. The Hall–Kier alpha value is -3.32. The lowest BCUT2D eigenvalue weighted by molar-refractivity contribution is -0.140. The largest absolute Gasteiger partial charge is 0.361 e. The van der Waals surface area contributed by atoms with Crippen LogP contribution in [0.5, 0.6) is 0 Å². The van der Waals surface area contributed by atoms with E-state index in [9.17, 15) is 14.4 Å². The van der Waals surface area contributed by atoms with Crippen molar-refractivity contribution >= 4 is 45.9 Å². The van der Waals surface area contributed by atoms with Crippen molar-refractivity contribution in [2.24, 2.45) is 0 Å². The maximum atomic E-state index is 12.4. The Balaban J connectivity index is 1.36. The minimum atomic E-state index is -0.856. The number of aromatic nitrogens is 1. The van der Waals surface area contributed by atoms with E-state index in [1.807, 2.05) is 24.4 Å². The van der Waals surface area contributed by atoms with E-state index in [0.29, 0.717) is 17.0 Å². The summed E-state index contributed by atoms with van der Waals surface area (Å²) in [7, 11) is 1.64. The topological polar surface area (TPSA) is 94.3 Å². The summed E-state index contributed by atoms with van der Waals surface area (Å²) < 4.78 is 0. The number of amides is 3. The van der Waals surface area contributed by atoms with E-state index in [0.717, 1.165) is 22.2 Å². The number of nitrogens with one attached hydrogen (secondary N) is 3. The number of H-pyrrole nitrogens is 1. The molecule has 3 amide bonds. The molecule has 0 aliphatic carbocycles. The van der Waals surface area contributed by atoms with E-state index in [2.05, 4.69) is 15.6 Å². The van der Waals surface area contributed by atoms with Crippen LogP contribution in [0.15, 0.2) is 48.7 Å². The molecule has 1 atom stereocenters.